The predicted octanol–water partition coefficient (Wildman–Crippen LogP) is 1.96. The molecule has 2 aromatic rings. The van der Waals surface area contributed by atoms with Crippen LogP contribution in [-0.4, -0.2) is 39.2 Å². The molecular weight excluding hydrogens is 361 g/mol. The Balaban J connectivity index is 2.10. The van der Waals surface area contributed by atoms with Crippen LogP contribution in [0.5, 0.6) is 0 Å². The molecule has 0 aliphatic carbocycles. The second kappa shape index (κ2) is 8.57. The van der Waals surface area contributed by atoms with Crippen LogP contribution in [0.4, 0.5) is 4.39 Å². The average Bonchev–Trinajstić information content (AvgIpc) is 2.65. The van der Waals surface area contributed by atoms with Crippen LogP contribution in [0.3, 0.4) is 0 Å². The number of hydrogen-bond acceptors (Lipinski definition) is 5. The molecule has 2 aromatic carbocycles. The Bertz CT molecular complexity index is 883. The minimum atomic E-state index is -3.62. The highest BCUT2D eigenvalue weighted by molar-refractivity contribution is 7.91. The lowest BCUT2D eigenvalue weighted by atomic mass is 10.1. The minimum Gasteiger partial charge on any atom is -0.467 e. The number of benzene rings is 2. The van der Waals surface area contributed by atoms with Gasteiger partial charge in [0.1, 0.15) is 11.9 Å². The lowest BCUT2D eigenvalue weighted by Crippen LogP contribution is -2.42. The van der Waals surface area contributed by atoms with Crippen LogP contribution in [0, 0.1) is 5.82 Å². The van der Waals surface area contributed by atoms with Gasteiger partial charge in [-0.2, -0.15) is 0 Å². The van der Waals surface area contributed by atoms with Crippen molar-refractivity contribution in [3.8, 4) is 0 Å². The fourth-order valence-corrected chi connectivity index (χ4v) is 3.63. The molecule has 8 heteroatoms. The van der Waals surface area contributed by atoms with E-state index in [-0.39, 0.29) is 22.6 Å². The lowest BCUT2D eigenvalue weighted by Gasteiger charge is -2.16. The van der Waals surface area contributed by atoms with Gasteiger partial charge in [0.05, 0.1) is 17.8 Å². The molecule has 0 saturated carbocycles. The third-order valence-electron chi connectivity index (χ3n) is 3.66. The summed E-state index contributed by atoms with van der Waals surface area (Å²) in [6, 6.07) is 11.6. The normalized spacial score (nSPS) is 12.2. The van der Waals surface area contributed by atoms with E-state index in [4.69, 9.17) is 0 Å². The number of ether oxygens (including phenoxy) is 1. The van der Waals surface area contributed by atoms with Crippen LogP contribution in [-0.2, 0) is 19.4 Å². The summed E-state index contributed by atoms with van der Waals surface area (Å²) in [5.41, 5.74) is 0.0184. The quantitative estimate of drug-likeness (QED) is 0.743. The highest BCUT2D eigenvalue weighted by Gasteiger charge is 2.25. The highest BCUT2D eigenvalue weighted by atomic mass is 32.2. The molecule has 2 rings (SSSR count). The first-order valence-electron chi connectivity index (χ1n) is 7.75. The fraction of sp³-hybridized carbons (Fsp3) is 0.222. The summed E-state index contributed by atoms with van der Waals surface area (Å²) in [7, 11) is -2.49. The van der Waals surface area contributed by atoms with Crippen molar-refractivity contribution in [3.05, 3.63) is 66.0 Å². The van der Waals surface area contributed by atoms with Gasteiger partial charge in [0.15, 0.2) is 9.84 Å². The molecule has 1 amide bonds. The number of nitrogens with one attached hydrogen (secondary N) is 1. The van der Waals surface area contributed by atoms with Crippen molar-refractivity contribution in [2.24, 2.45) is 0 Å². The molecule has 0 aliphatic rings. The van der Waals surface area contributed by atoms with Crippen LogP contribution in [0.15, 0.2) is 59.5 Å². The average molecular weight is 379 g/mol. The molecule has 0 saturated heterocycles. The van der Waals surface area contributed by atoms with E-state index >= 15 is 0 Å². The van der Waals surface area contributed by atoms with Gasteiger partial charge in [-0.1, -0.05) is 24.3 Å². The summed E-state index contributed by atoms with van der Waals surface area (Å²) in [6.07, 6.45) is -0.176. The Hall–Kier alpha value is -2.74. The first-order chi connectivity index (χ1) is 12.3. The maximum absolute atomic E-state index is 13.2. The van der Waals surface area contributed by atoms with E-state index in [1.165, 1.54) is 30.3 Å². The van der Waals surface area contributed by atoms with Gasteiger partial charge >= 0.3 is 5.97 Å². The molecule has 0 aromatic heterocycles. The Labute approximate surface area is 150 Å². The zero-order chi connectivity index (χ0) is 19.2. The van der Waals surface area contributed by atoms with Crippen molar-refractivity contribution in [3.63, 3.8) is 0 Å². The molecule has 6 nitrogen and oxygen atoms in total. The standard InChI is InChI=1S/C18H18FNO5S/c1-25-18(22)16(20-17(21)13-6-5-7-14(19)12-13)10-11-26(23,24)15-8-3-2-4-9-15/h2-9,12,16H,10-11H2,1H3,(H,20,21)/t16-/m1/s1. The molecule has 0 heterocycles. The van der Waals surface area contributed by atoms with E-state index < -0.39 is 33.6 Å². The second-order valence-corrected chi connectivity index (χ2v) is 7.59. The van der Waals surface area contributed by atoms with Crippen LogP contribution in [0.1, 0.15) is 16.8 Å². The smallest absolute Gasteiger partial charge is 0.328 e. The number of esters is 1. The topological polar surface area (TPSA) is 89.5 Å². The lowest BCUT2D eigenvalue weighted by molar-refractivity contribution is -0.142. The summed E-state index contributed by atoms with van der Waals surface area (Å²) in [6.45, 7) is 0. The van der Waals surface area contributed by atoms with Gasteiger partial charge in [-0.3, -0.25) is 4.79 Å². The number of amides is 1. The molecule has 1 N–H and O–H groups in total. The summed E-state index contributed by atoms with van der Waals surface area (Å²) >= 11 is 0. The van der Waals surface area contributed by atoms with Crippen molar-refractivity contribution < 1.29 is 27.1 Å². The van der Waals surface area contributed by atoms with Crippen LogP contribution < -0.4 is 5.32 Å². The van der Waals surface area contributed by atoms with Gasteiger partial charge in [0, 0.05) is 5.56 Å². The molecule has 0 bridgehead atoms. The van der Waals surface area contributed by atoms with Gasteiger partial charge in [-0.15, -0.1) is 0 Å². The van der Waals surface area contributed by atoms with E-state index in [2.05, 4.69) is 10.1 Å². The largest absolute Gasteiger partial charge is 0.467 e. The zero-order valence-electron chi connectivity index (χ0n) is 14.0. The van der Waals surface area contributed by atoms with E-state index in [1.807, 2.05) is 0 Å². The Morgan fingerprint density at radius 3 is 2.42 bits per heavy atom. The summed E-state index contributed by atoms with van der Waals surface area (Å²) in [5, 5.41) is 2.39. The predicted molar refractivity (Wildman–Crippen MR) is 92.8 cm³/mol. The molecule has 0 spiro atoms. The van der Waals surface area contributed by atoms with Gasteiger partial charge in [0.2, 0.25) is 0 Å². The van der Waals surface area contributed by atoms with Gasteiger partial charge in [-0.05, 0) is 36.8 Å². The number of carbonyl (C=O) groups excluding carboxylic acids is 2. The molecule has 0 aliphatic heterocycles. The molecule has 0 unspecified atom stereocenters. The van der Waals surface area contributed by atoms with Gasteiger partial charge < -0.3 is 10.1 Å². The van der Waals surface area contributed by atoms with Crippen molar-refractivity contribution in [2.45, 2.75) is 17.4 Å². The van der Waals surface area contributed by atoms with Crippen LogP contribution in [0.25, 0.3) is 0 Å². The Morgan fingerprint density at radius 1 is 1.12 bits per heavy atom. The van der Waals surface area contributed by atoms with E-state index in [0.29, 0.717) is 0 Å². The molecular formula is C18H18FNO5S. The number of halogens is 1. The minimum absolute atomic E-state index is 0.0184. The zero-order valence-corrected chi connectivity index (χ0v) is 14.8. The van der Waals surface area contributed by atoms with E-state index in [0.717, 1.165) is 13.2 Å². The maximum Gasteiger partial charge on any atom is 0.328 e. The monoisotopic (exact) mass is 379 g/mol. The number of hydrogen-bond donors (Lipinski definition) is 1. The summed E-state index contributed by atoms with van der Waals surface area (Å²) in [5.74, 6) is -2.44. The first-order valence-corrected chi connectivity index (χ1v) is 9.41. The van der Waals surface area contributed by atoms with Gasteiger partial charge in [-0.25, -0.2) is 17.6 Å². The fourth-order valence-electron chi connectivity index (χ4n) is 2.28. The van der Waals surface area contributed by atoms with Gasteiger partial charge in [0.25, 0.3) is 5.91 Å². The third kappa shape index (κ3) is 5.13. The molecule has 26 heavy (non-hydrogen) atoms. The van der Waals surface area contributed by atoms with E-state index in [9.17, 15) is 22.4 Å². The highest BCUT2D eigenvalue weighted by Crippen LogP contribution is 2.13. The summed E-state index contributed by atoms with van der Waals surface area (Å²) < 4.78 is 42.5. The second-order valence-electron chi connectivity index (χ2n) is 5.48. The Morgan fingerprint density at radius 2 is 1.81 bits per heavy atom. The Kier molecular flexibility index (Phi) is 6.46. The first kappa shape index (κ1) is 19.6. The summed E-state index contributed by atoms with van der Waals surface area (Å²) in [4.78, 5) is 24.2. The molecule has 0 radical (unpaired) electrons. The number of rotatable bonds is 7. The van der Waals surface area contributed by atoms with E-state index in [1.54, 1.807) is 18.2 Å². The van der Waals surface area contributed by atoms with Crippen molar-refractivity contribution in [1.82, 2.24) is 5.32 Å². The molecule has 138 valence electrons. The van der Waals surface area contributed by atoms with Crippen LogP contribution in [0.2, 0.25) is 0 Å². The third-order valence-corrected chi connectivity index (χ3v) is 5.42. The molecule has 0 fully saturated rings. The molecule has 1 atom stereocenters. The SMILES string of the molecule is COC(=O)[C@@H](CCS(=O)(=O)c1ccccc1)NC(=O)c1cccc(F)c1. The number of carbonyl (C=O) groups is 2. The number of methoxy groups -OCH3 is 1. The van der Waals surface area contributed by atoms with Crippen molar-refractivity contribution >= 4 is 21.7 Å². The van der Waals surface area contributed by atoms with Crippen molar-refractivity contribution in [2.75, 3.05) is 12.9 Å². The van der Waals surface area contributed by atoms with Crippen LogP contribution >= 0.6 is 0 Å². The number of sulfone groups is 1. The van der Waals surface area contributed by atoms with Crippen molar-refractivity contribution in [1.29, 1.82) is 0 Å². The maximum atomic E-state index is 13.2.